The minimum absolute atomic E-state index is 0.342. The molecule has 0 heterocycles. The third-order valence-electron chi connectivity index (χ3n) is 2.19. The van der Waals surface area contributed by atoms with Gasteiger partial charge in [-0.1, -0.05) is 39.7 Å². The highest BCUT2D eigenvalue weighted by Gasteiger charge is 2.13. The lowest BCUT2D eigenvalue weighted by atomic mass is 10.2. The Labute approximate surface area is 126 Å². The number of carbonyl (C=O) groups is 1. The molecule has 18 heavy (non-hydrogen) atoms. The Morgan fingerprint density at radius 1 is 1.11 bits per heavy atom. The molecule has 2 rings (SSSR count). The Bertz CT molecular complexity index is 599. The smallest absolute Gasteiger partial charge is 0.345 e. The molecule has 0 radical (unpaired) electrons. The number of esters is 1. The lowest BCUT2D eigenvalue weighted by molar-refractivity contribution is 0.0733. The van der Waals surface area contributed by atoms with Gasteiger partial charge >= 0.3 is 5.97 Å². The number of rotatable bonds is 2. The van der Waals surface area contributed by atoms with Crippen molar-refractivity contribution in [2.45, 2.75) is 0 Å². The van der Waals surface area contributed by atoms with Crippen molar-refractivity contribution in [3.05, 3.63) is 62.0 Å². The van der Waals surface area contributed by atoms with Gasteiger partial charge in [0.15, 0.2) is 0 Å². The van der Waals surface area contributed by atoms with Crippen LogP contribution in [0.2, 0.25) is 5.02 Å². The fourth-order valence-corrected chi connectivity index (χ4v) is 2.68. The fraction of sp³-hybridized carbons (Fsp3) is 0. The highest BCUT2D eigenvalue weighted by molar-refractivity contribution is 9.11. The molecule has 0 fully saturated rings. The van der Waals surface area contributed by atoms with Crippen molar-refractivity contribution >= 4 is 49.4 Å². The van der Waals surface area contributed by atoms with Crippen molar-refractivity contribution < 1.29 is 9.53 Å². The summed E-state index contributed by atoms with van der Waals surface area (Å²) in [5, 5.41) is 0.371. The maximum absolute atomic E-state index is 11.9. The first-order valence-corrected chi connectivity index (χ1v) is 6.96. The van der Waals surface area contributed by atoms with Crippen LogP contribution in [0.5, 0.6) is 5.75 Å². The van der Waals surface area contributed by atoms with Crippen LogP contribution in [0.4, 0.5) is 0 Å². The van der Waals surface area contributed by atoms with Gasteiger partial charge in [0, 0.05) is 4.47 Å². The highest BCUT2D eigenvalue weighted by Crippen LogP contribution is 2.29. The second kappa shape index (κ2) is 5.87. The third kappa shape index (κ3) is 3.13. The van der Waals surface area contributed by atoms with E-state index < -0.39 is 5.97 Å². The average Bonchev–Trinajstić information content (AvgIpc) is 2.33. The van der Waals surface area contributed by atoms with Crippen LogP contribution in [0.15, 0.2) is 51.4 Å². The third-order valence-corrected chi connectivity index (χ3v) is 3.63. The van der Waals surface area contributed by atoms with E-state index in [9.17, 15) is 4.79 Å². The number of hydrogen-bond donors (Lipinski definition) is 0. The summed E-state index contributed by atoms with van der Waals surface area (Å²) in [6, 6.07) is 12.1. The van der Waals surface area contributed by atoms with E-state index in [0.29, 0.717) is 20.8 Å². The van der Waals surface area contributed by atoms with Gasteiger partial charge in [-0.15, -0.1) is 0 Å². The number of carbonyl (C=O) groups excluding carboxylic acids is 1. The zero-order chi connectivity index (χ0) is 13.1. The molecule has 0 aromatic heterocycles. The minimum Gasteiger partial charge on any atom is -0.422 e. The van der Waals surface area contributed by atoms with Crippen molar-refractivity contribution in [1.82, 2.24) is 0 Å². The van der Waals surface area contributed by atoms with Gasteiger partial charge in [-0.05, 0) is 46.3 Å². The van der Waals surface area contributed by atoms with Gasteiger partial charge in [-0.3, -0.25) is 0 Å². The van der Waals surface area contributed by atoms with E-state index in [1.54, 1.807) is 42.5 Å². The molecule has 0 aliphatic rings. The fourth-order valence-electron chi connectivity index (χ4n) is 1.34. The topological polar surface area (TPSA) is 26.3 Å². The lowest BCUT2D eigenvalue weighted by Gasteiger charge is -2.07. The van der Waals surface area contributed by atoms with Gasteiger partial charge in [0.2, 0.25) is 0 Å². The monoisotopic (exact) mass is 388 g/mol. The van der Waals surface area contributed by atoms with E-state index in [-0.39, 0.29) is 0 Å². The Kier molecular flexibility index (Phi) is 4.43. The minimum atomic E-state index is -0.483. The van der Waals surface area contributed by atoms with E-state index in [0.717, 1.165) is 4.47 Å². The number of benzene rings is 2. The number of hydrogen-bond acceptors (Lipinski definition) is 2. The summed E-state index contributed by atoms with van der Waals surface area (Å²) in [5.74, 6) is -0.0354. The zero-order valence-corrected chi connectivity index (χ0v) is 12.9. The largest absolute Gasteiger partial charge is 0.422 e. The predicted molar refractivity (Wildman–Crippen MR) is 78.3 cm³/mol. The molecule has 0 saturated heterocycles. The summed E-state index contributed by atoms with van der Waals surface area (Å²) >= 11 is 12.6. The first-order valence-electron chi connectivity index (χ1n) is 4.99. The van der Waals surface area contributed by atoms with E-state index in [1.807, 2.05) is 0 Å². The van der Waals surface area contributed by atoms with E-state index in [4.69, 9.17) is 16.3 Å². The van der Waals surface area contributed by atoms with Gasteiger partial charge in [-0.25, -0.2) is 4.79 Å². The second-order valence-electron chi connectivity index (χ2n) is 3.44. The van der Waals surface area contributed by atoms with Crippen molar-refractivity contribution in [3.63, 3.8) is 0 Å². The summed E-state index contributed by atoms with van der Waals surface area (Å²) in [4.78, 5) is 11.9. The van der Waals surface area contributed by atoms with Crippen LogP contribution in [0.1, 0.15) is 10.4 Å². The average molecular weight is 390 g/mol. The molecule has 0 saturated carbocycles. The van der Waals surface area contributed by atoms with Gasteiger partial charge in [0.25, 0.3) is 0 Å². The van der Waals surface area contributed by atoms with E-state index in [2.05, 4.69) is 31.9 Å². The SMILES string of the molecule is O=C(Oc1ccc(Br)cc1Br)c1ccccc1Cl. The molecule has 0 aliphatic carbocycles. The molecule has 2 nitrogen and oxygen atoms in total. The molecule has 5 heteroatoms. The van der Waals surface area contributed by atoms with Gasteiger partial charge in [-0.2, -0.15) is 0 Å². The number of ether oxygens (including phenoxy) is 1. The molecule has 0 atom stereocenters. The molecule has 0 N–H and O–H groups in total. The maximum Gasteiger partial charge on any atom is 0.345 e. The first-order chi connectivity index (χ1) is 8.58. The zero-order valence-electron chi connectivity index (χ0n) is 8.99. The Balaban J connectivity index is 2.24. The van der Waals surface area contributed by atoms with Crippen molar-refractivity contribution in [2.75, 3.05) is 0 Å². The predicted octanol–water partition coefficient (Wildman–Crippen LogP) is 5.08. The Morgan fingerprint density at radius 2 is 1.83 bits per heavy atom. The quantitative estimate of drug-likeness (QED) is 0.528. The van der Waals surface area contributed by atoms with Gasteiger partial charge in [0.05, 0.1) is 15.1 Å². The standard InChI is InChI=1S/C13H7Br2ClO2/c14-8-5-6-12(10(15)7-8)18-13(17)9-3-1-2-4-11(9)16/h1-7H. The molecule has 92 valence electrons. The van der Waals surface area contributed by atoms with Crippen molar-refractivity contribution in [2.24, 2.45) is 0 Å². The van der Waals surface area contributed by atoms with Crippen LogP contribution in [0, 0.1) is 0 Å². The molecule has 0 unspecified atom stereocenters. The lowest BCUT2D eigenvalue weighted by Crippen LogP contribution is -2.09. The molecule has 2 aromatic carbocycles. The molecule has 0 amide bonds. The summed E-state index contributed by atoms with van der Waals surface area (Å²) in [5.41, 5.74) is 0.342. The van der Waals surface area contributed by atoms with Crippen LogP contribution in [-0.4, -0.2) is 5.97 Å². The molecular formula is C13H7Br2ClO2. The van der Waals surface area contributed by atoms with Crippen LogP contribution in [-0.2, 0) is 0 Å². The van der Waals surface area contributed by atoms with Gasteiger partial charge in [0.1, 0.15) is 5.75 Å². The molecular weight excluding hydrogens is 383 g/mol. The molecule has 0 aliphatic heterocycles. The van der Waals surface area contributed by atoms with Gasteiger partial charge < -0.3 is 4.74 Å². The van der Waals surface area contributed by atoms with E-state index >= 15 is 0 Å². The van der Waals surface area contributed by atoms with Crippen LogP contribution in [0.3, 0.4) is 0 Å². The Morgan fingerprint density at radius 3 is 2.50 bits per heavy atom. The normalized spacial score (nSPS) is 10.2. The summed E-state index contributed by atoms with van der Waals surface area (Å²) in [7, 11) is 0. The summed E-state index contributed by atoms with van der Waals surface area (Å²) in [6.45, 7) is 0. The van der Waals surface area contributed by atoms with Crippen molar-refractivity contribution in [3.8, 4) is 5.75 Å². The summed E-state index contributed by atoms with van der Waals surface area (Å²) < 4.78 is 6.86. The molecule has 0 bridgehead atoms. The van der Waals surface area contributed by atoms with Crippen molar-refractivity contribution in [1.29, 1.82) is 0 Å². The Hall–Kier alpha value is -0.840. The maximum atomic E-state index is 11.9. The highest BCUT2D eigenvalue weighted by atomic mass is 79.9. The van der Waals surface area contributed by atoms with Crippen LogP contribution < -0.4 is 4.74 Å². The molecule has 0 spiro atoms. The number of halogens is 3. The second-order valence-corrected chi connectivity index (χ2v) is 5.62. The first kappa shape index (κ1) is 13.6. The van der Waals surface area contributed by atoms with Crippen LogP contribution in [0.25, 0.3) is 0 Å². The van der Waals surface area contributed by atoms with E-state index in [1.165, 1.54) is 0 Å². The summed E-state index contributed by atoms with van der Waals surface area (Å²) in [6.07, 6.45) is 0. The molecule has 2 aromatic rings. The van der Waals surface area contributed by atoms with Crippen LogP contribution >= 0.6 is 43.5 Å².